The Morgan fingerprint density at radius 3 is 2.58 bits per heavy atom. The molecule has 1 amide bonds. The molecular weight excluding hydrogens is 398 g/mol. The molecule has 0 fully saturated rings. The number of H-pyrrole nitrogens is 1. The normalized spacial score (nSPS) is 10.6. The van der Waals surface area contributed by atoms with Crippen molar-refractivity contribution in [1.29, 1.82) is 10.5 Å². The van der Waals surface area contributed by atoms with Gasteiger partial charge in [-0.15, -0.1) is 0 Å². The number of aryl methyl sites for hydroxylation is 1. The van der Waals surface area contributed by atoms with E-state index in [-0.39, 0.29) is 34.4 Å². The lowest BCUT2D eigenvalue weighted by Crippen LogP contribution is -2.22. The van der Waals surface area contributed by atoms with E-state index in [4.69, 9.17) is 4.74 Å². The maximum absolute atomic E-state index is 12.3. The Hall–Kier alpha value is -4.64. The van der Waals surface area contributed by atoms with Crippen LogP contribution in [0.4, 0.5) is 0 Å². The van der Waals surface area contributed by atoms with E-state index in [2.05, 4.69) is 32.3 Å². The Balaban J connectivity index is 2.13. The summed E-state index contributed by atoms with van der Waals surface area (Å²) in [5.74, 6) is 0.294. The van der Waals surface area contributed by atoms with Crippen molar-refractivity contribution in [2.24, 2.45) is 7.05 Å². The Labute approximate surface area is 176 Å². The summed E-state index contributed by atoms with van der Waals surface area (Å²) in [6, 6.07) is 5.88. The average Bonchev–Trinajstić information content (AvgIpc) is 3.51. The van der Waals surface area contributed by atoms with Crippen LogP contribution in [0.15, 0.2) is 24.8 Å². The Morgan fingerprint density at radius 1 is 1.26 bits per heavy atom. The molecule has 0 spiro atoms. The van der Waals surface area contributed by atoms with Crippen molar-refractivity contribution in [2.75, 3.05) is 21.2 Å². The first kappa shape index (κ1) is 19.7. The first-order chi connectivity index (χ1) is 14.9. The van der Waals surface area contributed by atoms with Crippen LogP contribution in [0.25, 0.3) is 28.1 Å². The fourth-order valence-corrected chi connectivity index (χ4v) is 3.54. The molecule has 11 nitrogen and oxygen atoms in total. The number of imidazole rings is 1. The molecule has 3 heterocycles. The van der Waals surface area contributed by atoms with Crippen molar-refractivity contribution in [2.45, 2.75) is 0 Å². The summed E-state index contributed by atoms with van der Waals surface area (Å²) in [5, 5.41) is 27.0. The van der Waals surface area contributed by atoms with E-state index < -0.39 is 0 Å². The van der Waals surface area contributed by atoms with Gasteiger partial charge < -0.3 is 18.8 Å². The number of aromatic amines is 1. The molecule has 4 rings (SSSR count). The van der Waals surface area contributed by atoms with Gasteiger partial charge in [0.2, 0.25) is 5.82 Å². The Morgan fingerprint density at radius 2 is 2.00 bits per heavy atom. The zero-order valence-electron chi connectivity index (χ0n) is 17.2. The third kappa shape index (κ3) is 2.88. The molecule has 0 aliphatic carbocycles. The fourth-order valence-electron chi connectivity index (χ4n) is 3.54. The largest absolute Gasteiger partial charge is 0.495 e. The molecule has 0 atom stereocenters. The standard InChI is InChI=1S/C20H17N9O2/c1-27(2)20(30)19-24-18(25-26-19)17-16(29-6-5-23-10-29)11-7-14(31-4)12(8-21)13(9-22)15(11)28(17)3/h5-7,10H,1-4H3,(H,24,25,26). The number of rotatable bonds is 4. The molecule has 0 radical (unpaired) electrons. The van der Waals surface area contributed by atoms with Gasteiger partial charge in [-0.1, -0.05) is 0 Å². The number of carbonyl (C=O) groups excluding carboxylic acids is 1. The quantitative estimate of drug-likeness (QED) is 0.533. The van der Waals surface area contributed by atoms with Crippen LogP contribution in [0.3, 0.4) is 0 Å². The minimum absolute atomic E-state index is 0.0811. The van der Waals surface area contributed by atoms with E-state index >= 15 is 0 Å². The number of fused-ring (bicyclic) bond motifs is 1. The second-order valence-electron chi connectivity index (χ2n) is 6.88. The smallest absolute Gasteiger partial charge is 0.290 e. The molecule has 0 aliphatic rings. The van der Waals surface area contributed by atoms with Gasteiger partial charge in [0.25, 0.3) is 5.91 Å². The predicted molar refractivity (Wildman–Crippen MR) is 109 cm³/mol. The summed E-state index contributed by atoms with van der Waals surface area (Å²) < 4.78 is 8.87. The number of hydrogen-bond donors (Lipinski definition) is 1. The second-order valence-corrected chi connectivity index (χ2v) is 6.88. The molecule has 0 saturated heterocycles. The van der Waals surface area contributed by atoms with Gasteiger partial charge in [0.1, 0.15) is 29.1 Å². The van der Waals surface area contributed by atoms with Gasteiger partial charge in [-0.25, -0.2) is 9.97 Å². The predicted octanol–water partition coefficient (Wildman–Crippen LogP) is 1.60. The first-order valence-electron chi connectivity index (χ1n) is 9.09. The number of carbonyl (C=O) groups is 1. The van der Waals surface area contributed by atoms with E-state index in [0.29, 0.717) is 22.3 Å². The van der Waals surface area contributed by atoms with E-state index in [1.165, 1.54) is 12.0 Å². The molecule has 0 unspecified atom stereocenters. The number of ether oxygens (including phenoxy) is 1. The summed E-state index contributed by atoms with van der Waals surface area (Å²) in [6.45, 7) is 0. The number of aromatic nitrogens is 6. The fraction of sp³-hybridized carbons (Fsp3) is 0.200. The highest BCUT2D eigenvalue weighted by molar-refractivity contribution is 6.02. The molecule has 3 aromatic heterocycles. The van der Waals surface area contributed by atoms with Crippen LogP contribution in [0.2, 0.25) is 0 Å². The van der Waals surface area contributed by atoms with Crippen LogP contribution in [-0.4, -0.2) is 61.3 Å². The van der Waals surface area contributed by atoms with Gasteiger partial charge in [0, 0.05) is 38.9 Å². The maximum atomic E-state index is 12.3. The number of methoxy groups -OCH3 is 1. The lowest BCUT2D eigenvalue weighted by atomic mass is 10.0. The maximum Gasteiger partial charge on any atom is 0.290 e. The molecule has 0 bridgehead atoms. The summed E-state index contributed by atoms with van der Waals surface area (Å²) in [7, 11) is 6.43. The van der Waals surface area contributed by atoms with E-state index in [1.54, 1.807) is 55.1 Å². The number of nitrogens with zero attached hydrogens (tertiary/aromatic N) is 8. The molecule has 1 aromatic carbocycles. The van der Waals surface area contributed by atoms with Crippen LogP contribution in [-0.2, 0) is 7.05 Å². The summed E-state index contributed by atoms with van der Waals surface area (Å²) in [5.41, 5.74) is 2.00. The van der Waals surface area contributed by atoms with Crippen LogP contribution in [0, 0.1) is 22.7 Å². The number of amides is 1. The summed E-state index contributed by atoms with van der Waals surface area (Å²) >= 11 is 0. The topological polar surface area (TPSA) is 141 Å². The van der Waals surface area contributed by atoms with Gasteiger partial charge in [-0.05, 0) is 6.07 Å². The van der Waals surface area contributed by atoms with Crippen LogP contribution < -0.4 is 4.74 Å². The van der Waals surface area contributed by atoms with Gasteiger partial charge in [-0.2, -0.15) is 15.6 Å². The van der Waals surface area contributed by atoms with Crippen molar-refractivity contribution in [1.82, 2.24) is 34.2 Å². The molecule has 0 aliphatic heterocycles. The van der Waals surface area contributed by atoms with Gasteiger partial charge in [0.05, 0.1) is 30.2 Å². The molecule has 1 N–H and O–H groups in total. The molecule has 4 aromatic rings. The second kappa shape index (κ2) is 7.31. The molecule has 31 heavy (non-hydrogen) atoms. The third-order valence-electron chi connectivity index (χ3n) is 4.93. The van der Waals surface area contributed by atoms with Gasteiger partial charge >= 0.3 is 0 Å². The highest BCUT2D eigenvalue weighted by Crippen LogP contribution is 2.40. The van der Waals surface area contributed by atoms with Crippen molar-refractivity contribution < 1.29 is 9.53 Å². The number of nitrogens with one attached hydrogen (secondary N) is 1. The van der Waals surface area contributed by atoms with E-state index in [1.807, 2.05) is 0 Å². The Kier molecular flexibility index (Phi) is 4.64. The third-order valence-corrected chi connectivity index (χ3v) is 4.93. The van der Waals surface area contributed by atoms with E-state index in [9.17, 15) is 15.3 Å². The number of nitriles is 2. The number of benzene rings is 1. The van der Waals surface area contributed by atoms with Gasteiger partial charge in [-0.3, -0.25) is 9.89 Å². The zero-order chi connectivity index (χ0) is 22.3. The SMILES string of the molecule is COc1cc2c(-n3ccnc3)c(-c3n[nH]c(C(=O)N(C)C)n3)n(C)c2c(C#N)c1C#N. The minimum atomic E-state index is -0.326. The average molecular weight is 415 g/mol. The first-order valence-corrected chi connectivity index (χ1v) is 9.09. The summed E-state index contributed by atoms with van der Waals surface area (Å²) in [4.78, 5) is 22.2. The van der Waals surface area contributed by atoms with Crippen LogP contribution in [0.5, 0.6) is 5.75 Å². The van der Waals surface area contributed by atoms with Crippen molar-refractivity contribution in [3.05, 3.63) is 41.7 Å². The van der Waals surface area contributed by atoms with Crippen LogP contribution in [0.1, 0.15) is 21.7 Å². The minimum Gasteiger partial charge on any atom is -0.495 e. The highest BCUT2D eigenvalue weighted by Gasteiger charge is 2.27. The number of hydrogen-bond acceptors (Lipinski definition) is 7. The van der Waals surface area contributed by atoms with E-state index in [0.717, 1.165) is 0 Å². The molecule has 0 saturated carbocycles. The monoisotopic (exact) mass is 415 g/mol. The summed E-state index contributed by atoms with van der Waals surface area (Å²) in [6.07, 6.45) is 4.97. The zero-order valence-corrected chi connectivity index (χ0v) is 17.2. The van der Waals surface area contributed by atoms with Crippen LogP contribution >= 0.6 is 0 Å². The lowest BCUT2D eigenvalue weighted by Gasteiger charge is -2.07. The molecule has 154 valence electrons. The lowest BCUT2D eigenvalue weighted by molar-refractivity contribution is 0.0816. The van der Waals surface area contributed by atoms with Crippen molar-refractivity contribution >= 4 is 16.8 Å². The van der Waals surface area contributed by atoms with Crippen molar-refractivity contribution in [3.63, 3.8) is 0 Å². The highest BCUT2D eigenvalue weighted by atomic mass is 16.5. The Bertz CT molecular complexity index is 1400. The molecular formula is C20H17N9O2. The van der Waals surface area contributed by atoms with Gasteiger partial charge in [0.15, 0.2) is 5.82 Å². The van der Waals surface area contributed by atoms with Crippen molar-refractivity contribution in [3.8, 4) is 35.1 Å². The molecule has 11 heteroatoms.